The fraction of sp³-hybridized carbons (Fsp3) is 0.471. The molecule has 0 aliphatic carbocycles. The lowest BCUT2D eigenvalue weighted by Crippen LogP contribution is -2.34. The van der Waals surface area contributed by atoms with Gasteiger partial charge in [-0.15, -0.1) is 0 Å². The molecule has 0 saturated heterocycles. The summed E-state index contributed by atoms with van der Waals surface area (Å²) in [5, 5.41) is 5.61. The van der Waals surface area contributed by atoms with Gasteiger partial charge in [0.05, 0.1) is 11.4 Å². The van der Waals surface area contributed by atoms with Gasteiger partial charge in [0.1, 0.15) is 5.82 Å². The molecule has 3 nitrogen and oxygen atoms in total. The predicted octanol–water partition coefficient (Wildman–Crippen LogP) is 4.70. The van der Waals surface area contributed by atoms with Crippen molar-refractivity contribution in [1.29, 1.82) is 0 Å². The minimum absolute atomic E-state index is 0.492. The number of para-hydroxylation sites is 1. The molecule has 0 radical (unpaired) electrons. The molecule has 4 heteroatoms. The van der Waals surface area contributed by atoms with E-state index in [4.69, 9.17) is 5.10 Å². The predicted molar refractivity (Wildman–Crippen MR) is 93.7 cm³/mol. The zero-order valence-corrected chi connectivity index (χ0v) is 14.9. The molecule has 0 saturated carbocycles. The summed E-state index contributed by atoms with van der Waals surface area (Å²) in [6, 6.07) is 10.9. The summed E-state index contributed by atoms with van der Waals surface area (Å²) < 4.78 is 2.08. The van der Waals surface area contributed by atoms with Crippen LogP contribution in [0, 0.1) is 6.92 Å². The van der Waals surface area contributed by atoms with Crippen LogP contribution >= 0.6 is 15.9 Å². The van der Waals surface area contributed by atoms with Gasteiger partial charge >= 0.3 is 0 Å². The van der Waals surface area contributed by atoms with Gasteiger partial charge in [-0.1, -0.05) is 41.1 Å². The maximum Gasteiger partial charge on any atom is 0.136 e. The molecule has 2 aromatic rings. The molecule has 0 bridgehead atoms. The molecule has 0 aliphatic rings. The Bertz CT molecular complexity index is 577. The molecule has 1 aromatic heterocycles. The Morgan fingerprint density at radius 3 is 2.43 bits per heavy atom. The Morgan fingerprint density at radius 1 is 1.24 bits per heavy atom. The van der Waals surface area contributed by atoms with Crippen LogP contribution in [0.1, 0.15) is 38.4 Å². The average molecular weight is 350 g/mol. The van der Waals surface area contributed by atoms with Crippen molar-refractivity contribution in [1.82, 2.24) is 9.78 Å². The van der Waals surface area contributed by atoms with E-state index in [1.165, 1.54) is 11.4 Å². The monoisotopic (exact) mass is 349 g/mol. The van der Waals surface area contributed by atoms with Crippen molar-refractivity contribution in [2.75, 3.05) is 11.4 Å². The third-order valence-electron chi connectivity index (χ3n) is 4.03. The molecule has 1 atom stereocenters. The highest BCUT2D eigenvalue weighted by Crippen LogP contribution is 2.30. The minimum atomic E-state index is 0.492. The molecule has 21 heavy (non-hydrogen) atoms. The van der Waals surface area contributed by atoms with Gasteiger partial charge in [-0.2, -0.15) is 5.10 Å². The van der Waals surface area contributed by atoms with Crippen molar-refractivity contribution in [3.8, 4) is 5.69 Å². The van der Waals surface area contributed by atoms with E-state index in [0.29, 0.717) is 6.04 Å². The number of benzene rings is 1. The summed E-state index contributed by atoms with van der Waals surface area (Å²) in [7, 11) is 0. The first-order valence-corrected chi connectivity index (χ1v) is 8.72. The van der Waals surface area contributed by atoms with Gasteiger partial charge in [-0.3, -0.25) is 0 Å². The number of hydrogen-bond acceptors (Lipinski definition) is 2. The van der Waals surface area contributed by atoms with E-state index in [9.17, 15) is 0 Å². The van der Waals surface area contributed by atoms with Crippen molar-refractivity contribution in [2.45, 2.75) is 45.5 Å². The van der Waals surface area contributed by atoms with E-state index < -0.39 is 0 Å². The van der Waals surface area contributed by atoms with Gasteiger partial charge in [0, 0.05) is 23.5 Å². The molecule has 0 fully saturated rings. The van der Waals surface area contributed by atoms with E-state index in [-0.39, 0.29) is 0 Å². The molecule has 0 aliphatic heterocycles. The molecular formula is C17H24BrN3. The van der Waals surface area contributed by atoms with Crippen molar-refractivity contribution < 1.29 is 0 Å². The second-order valence-corrected chi connectivity index (χ2v) is 5.87. The zero-order valence-electron chi connectivity index (χ0n) is 13.3. The van der Waals surface area contributed by atoms with Crippen molar-refractivity contribution in [3.63, 3.8) is 0 Å². The van der Waals surface area contributed by atoms with Crippen LogP contribution in [-0.2, 0) is 5.33 Å². The third-order valence-corrected chi connectivity index (χ3v) is 4.59. The smallest absolute Gasteiger partial charge is 0.136 e. The van der Waals surface area contributed by atoms with Crippen LogP contribution in [-0.4, -0.2) is 22.4 Å². The highest BCUT2D eigenvalue weighted by atomic mass is 79.9. The fourth-order valence-electron chi connectivity index (χ4n) is 2.64. The highest BCUT2D eigenvalue weighted by Gasteiger charge is 2.23. The first-order valence-electron chi connectivity index (χ1n) is 7.60. The van der Waals surface area contributed by atoms with Gasteiger partial charge in [-0.25, -0.2) is 4.68 Å². The average Bonchev–Trinajstić information content (AvgIpc) is 2.85. The standard InChI is InChI=1S/C17H24BrN3/c1-5-13(3)20(6-2)17-16(12-18)14(4)19-21(17)15-10-8-7-9-11-15/h7-11,13H,5-6,12H2,1-4H3. The van der Waals surface area contributed by atoms with Gasteiger partial charge in [0.2, 0.25) is 0 Å². The molecule has 0 spiro atoms. The number of halogens is 1. The van der Waals surface area contributed by atoms with Crippen LogP contribution in [0.4, 0.5) is 5.82 Å². The van der Waals surface area contributed by atoms with Crippen LogP contribution < -0.4 is 4.90 Å². The van der Waals surface area contributed by atoms with Gasteiger partial charge in [-0.05, 0) is 39.3 Å². The van der Waals surface area contributed by atoms with Crippen LogP contribution in [0.25, 0.3) is 5.69 Å². The third kappa shape index (κ3) is 3.15. The summed E-state index contributed by atoms with van der Waals surface area (Å²) in [5.41, 5.74) is 3.48. The largest absolute Gasteiger partial charge is 0.354 e. The number of alkyl halides is 1. The number of nitrogens with zero attached hydrogens (tertiary/aromatic N) is 3. The van der Waals surface area contributed by atoms with E-state index in [0.717, 1.165) is 29.7 Å². The zero-order chi connectivity index (χ0) is 15.4. The van der Waals surface area contributed by atoms with E-state index in [1.807, 2.05) is 6.07 Å². The number of hydrogen-bond donors (Lipinski definition) is 0. The van der Waals surface area contributed by atoms with Crippen LogP contribution in [0.2, 0.25) is 0 Å². The molecular weight excluding hydrogens is 326 g/mol. The topological polar surface area (TPSA) is 21.1 Å². The molecule has 1 heterocycles. The second-order valence-electron chi connectivity index (χ2n) is 5.31. The lowest BCUT2D eigenvalue weighted by molar-refractivity contribution is 0.611. The molecule has 114 valence electrons. The van der Waals surface area contributed by atoms with E-state index in [1.54, 1.807) is 0 Å². The maximum absolute atomic E-state index is 4.78. The lowest BCUT2D eigenvalue weighted by Gasteiger charge is -2.30. The van der Waals surface area contributed by atoms with E-state index >= 15 is 0 Å². The number of aromatic nitrogens is 2. The van der Waals surface area contributed by atoms with Crippen LogP contribution in [0.15, 0.2) is 30.3 Å². The highest BCUT2D eigenvalue weighted by molar-refractivity contribution is 9.08. The summed E-state index contributed by atoms with van der Waals surface area (Å²) in [5.74, 6) is 1.22. The number of rotatable bonds is 6. The molecule has 0 amide bonds. The SMILES string of the molecule is CCC(C)N(CC)c1c(CBr)c(C)nn1-c1ccccc1. The molecule has 2 rings (SSSR count). The Morgan fingerprint density at radius 2 is 1.90 bits per heavy atom. The Labute approximate surface area is 136 Å². The van der Waals surface area contributed by atoms with Gasteiger partial charge < -0.3 is 4.90 Å². The first-order chi connectivity index (χ1) is 10.1. The molecule has 0 N–H and O–H groups in total. The van der Waals surface area contributed by atoms with Gasteiger partial charge in [0.15, 0.2) is 0 Å². The minimum Gasteiger partial charge on any atom is -0.354 e. The van der Waals surface area contributed by atoms with Crippen LogP contribution in [0.3, 0.4) is 0 Å². The normalized spacial score (nSPS) is 12.4. The number of aryl methyl sites for hydroxylation is 1. The summed E-state index contributed by atoms with van der Waals surface area (Å²) in [6.07, 6.45) is 1.12. The molecule has 1 unspecified atom stereocenters. The Balaban J connectivity index is 2.61. The van der Waals surface area contributed by atoms with E-state index in [2.05, 4.69) is 77.5 Å². The molecule has 1 aromatic carbocycles. The lowest BCUT2D eigenvalue weighted by atomic mass is 10.2. The summed E-state index contributed by atoms with van der Waals surface area (Å²) in [6.45, 7) is 9.79. The Hall–Kier alpha value is -1.29. The number of anilines is 1. The Kier molecular flexibility index (Phi) is 5.45. The van der Waals surface area contributed by atoms with Crippen molar-refractivity contribution in [2.24, 2.45) is 0 Å². The second kappa shape index (κ2) is 7.12. The quantitative estimate of drug-likeness (QED) is 0.704. The summed E-state index contributed by atoms with van der Waals surface area (Å²) in [4.78, 5) is 2.45. The van der Waals surface area contributed by atoms with Gasteiger partial charge in [0.25, 0.3) is 0 Å². The van der Waals surface area contributed by atoms with Crippen LogP contribution in [0.5, 0.6) is 0 Å². The first kappa shape index (κ1) is 16.1. The maximum atomic E-state index is 4.78. The summed E-state index contributed by atoms with van der Waals surface area (Å²) >= 11 is 3.63. The van der Waals surface area contributed by atoms with Crippen molar-refractivity contribution >= 4 is 21.7 Å². The fourth-order valence-corrected chi connectivity index (χ4v) is 3.30. The van der Waals surface area contributed by atoms with Crippen molar-refractivity contribution in [3.05, 3.63) is 41.6 Å².